The summed E-state index contributed by atoms with van der Waals surface area (Å²) in [5.74, 6) is 1.73. The number of tetrazole rings is 1. The van der Waals surface area contributed by atoms with Crippen LogP contribution in [0.25, 0.3) is 10.9 Å². The van der Waals surface area contributed by atoms with Crippen LogP contribution in [0.15, 0.2) is 69.4 Å². The maximum atomic E-state index is 13.1. The van der Waals surface area contributed by atoms with Crippen molar-refractivity contribution in [1.29, 1.82) is 0 Å². The molecule has 0 saturated carbocycles. The summed E-state index contributed by atoms with van der Waals surface area (Å²) in [5, 5.41) is 15.8. The molecule has 0 aliphatic carbocycles. The van der Waals surface area contributed by atoms with E-state index >= 15 is 0 Å². The van der Waals surface area contributed by atoms with Gasteiger partial charge in [0.05, 0.1) is 12.3 Å². The predicted octanol–water partition coefficient (Wildman–Crippen LogP) is 5.18. The van der Waals surface area contributed by atoms with Crippen molar-refractivity contribution >= 4 is 22.2 Å². The predicted molar refractivity (Wildman–Crippen MR) is 141 cm³/mol. The minimum Gasteiger partial charge on any atom is -0.467 e. The number of fused-ring (bicyclic) bond motifs is 1. The van der Waals surface area contributed by atoms with Crippen molar-refractivity contribution in [2.24, 2.45) is 5.92 Å². The van der Waals surface area contributed by atoms with E-state index in [1.54, 1.807) is 22.3 Å². The maximum absolute atomic E-state index is 13.1. The van der Waals surface area contributed by atoms with Crippen LogP contribution in [0.1, 0.15) is 54.4 Å². The summed E-state index contributed by atoms with van der Waals surface area (Å²) in [7, 11) is 0. The quantitative estimate of drug-likeness (QED) is 0.283. The molecule has 1 N–H and O–H groups in total. The van der Waals surface area contributed by atoms with Gasteiger partial charge in [-0.05, 0) is 75.5 Å². The number of pyridine rings is 1. The van der Waals surface area contributed by atoms with Gasteiger partial charge in [-0.3, -0.25) is 9.69 Å². The molecule has 8 nitrogen and oxygen atoms in total. The van der Waals surface area contributed by atoms with E-state index in [9.17, 15) is 4.79 Å². The van der Waals surface area contributed by atoms with Crippen LogP contribution < -0.4 is 5.56 Å². The smallest absolute Gasteiger partial charge is 0.252 e. The van der Waals surface area contributed by atoms with E-state index in [-0.39, 0.29) is 17.5 Å². The van der Waals surface area contributed by atoms with Gasteiger partial charge in [-0.15, -0.1) is 16.4 Å². The SMILES string of the molecule is CCc1ccc2[nH]c(=O)c(CN(Cc3cccs3)C(c3nnnn3Cc3ccco3)C(C)C)cc2c1. The lowest BCUT2D eigenvalue weighted by Gasteiger charge is -2.33. The normalized spacial score (nSPS) is 12.7. The number of nitrogens with one attached hydrogen (secondary N) is 1. The number of thiophene rings is 1. The Labute approximate surface area is 213 Å². The van der Waals surface area contributed by atoms with E-state index in [2.05, 4.69) is 75.8 Å². The molecule has 5 rings (SSSR count). The van der Waals surface area contributed by atoms with Gasteiger partial charge in [-0.1, -0.05) is 32.9 Å². The Balaban J connectivity index is 1.54. The molecule has 0 bridgehead atoms. The Morgan fingerprint density at radius 1 is 1.14 bits per heavy atom. The van der Waals surface area contributed by atoms with Gasteiger partial charge in [0, 0.05) is 29.0 Å². The highest BCUT2D eigenvalue weighted by atomic mass is 32.1. The minimum absolute atomic E-state index is 0.0689. The molecule has 186 valence electrons. The zero-order valence-corrected chi connectivity index (χ0v) is 21.5. The first-order valence-corrected chi connectivity index (χ1v) is 13.1. The lowest BCUT2D eigenvalue weighted by atomic mass is 10.00. The zero-order valence-electron chi connectivity index (χ0n) is 20.7. The third kappa shape index (κ3) is 5.17. The van der Waals surface area contributed by atoms with Crippen molar-refractivity contribution < 1.29 is 4.42 Å². The molecule has 0 fully saturated rings. The molecule has 9 heteroatoms. The van der Waals surface area contributed by atoms with Crippen LogP contribution in [0.2, 0.25) is 0 Å². The average molecular weight is 503 g/mol. The number of hydrogen-bond donors (Lipinski definition) is 1. The van der Waals surface area contributed by atoms with E-state index in [1.807, 2.05) is 24.3 Å². The van der Waals surface area contributed by atoms with Crippen molar-refractivity contribution in [2.45, 2.75) is 52.9 Å². The van der Waals surface area contributed by atoms with Crippen molar-refractivity contribution in [2.75, 3.05) is 0 Å². The number of hydrogen-bond acceptors (Lipinski definition) is 7. The van der Waals surface area contributed by atoms with E-state index in [1.165, 1.54) is 10.4 Å². The summed E-state index contributed by atoms with van der Waals surface area (Å²) in [6.07, 6.45) is 2.60. The highest BCUT2D eigenvalue weighted by molar-refractivity contribution is 7.09. The van der Waals surface area contributed by atoms with E-state index in [4.69, 9.17) is 4.42 Å². The molecule has 1 aromatic carbocycles. The molecule has 1 atom stereocenters. The monoisotopic (exact) mass is 502 g/mol. The van der Waals surface area contributed by atoms with Gasteiger partial charge in [0.25, 0.3) is 5.56 Å². The van der Waals surface area contributed by atoms with Gasteiger partial charge >= 0.3 is 0 Å². The largest absolute Gasteiger partial charge is 0.467 e. The molecular formula is C27H30N6O2S. The first-order valence-electron chi connectivity index (χ1n) is 12.2. The number of nitrogens with zero attached hydrogens (tertiary/aromatic N) is 5. The van der Waals surface area contributed by atoms with Crippen LogP contribution in [-0.2, 0) is 26.1 Å². The Morgan fingerprint density at radius 3 is 2.75 bits per heavy atom. The van der Waals surface area contributed by atoms with Gasteiger partial charge in [-0.2, -0.15) is 0 Å². The third-order valence-corrected chi connectivity index (χ3v) is 7.30. The minimum atomic E-state index is -0.117. The van der Waals surface area contributed by atoms with Crippen LogP contribution in [0.3, 0.4) is 0 Å². The first-order chi connectivity index (χ1) is 17.5. The summed E-state index contributed by atoms with van der Waals surface area (Å²) in [5.41, 5.74) is 2.75. The van der Waals surface area contributed by atoms with Crippen molar-refractivity contribution in [3.8, 4) is 0 Å². The lowest BCUT2D eigenvalue weighted by Crippen LogP contribution is -2.35. The Morgan fingerprint density at radius 2 is 2.03 bits per heavy atom. The maximum Gasteiger partial charge on any atom is 0.252 e. The number of aromatic nitrogens is 5. The summed E-state index contributed by atoms with van der Waals surface area (Å²) in [4.78, 5) is 19.8. The van der Waals surface area contributed by atoms with E-state index < -0.39 is 0 Å². The van der Waals surface area contributed by atoms with E-state index in [0.29, 0.717) is 19.6 Å². The summed E-state index contributed by atoms with van der Waals surface area (Å²) < 4.78 is 7.34. The first kappa shape index (κ1) is 24.1. The standard InChI is InChI=1S/C27H30N6O2S/c1-4-19-9-10-24-20(13-19)14-21(27(34)28-24)15-32(17-23-8-6-12-36-23)25(18(2)3)26-29-30-31-33(26)16-22-7-5-11-35-22/h5-14,18,25H,4,15-17H2,1-3H3,(H,28,34). The molecular weight excluding hydrogens is 472 g/mol. The van der Waals surface area contributed by atoms with Gasteiger partial charge < -0.3 is 9.40 Å². The highest BCUT2D eigenvalue weighted by Gasteiger charge is 2.30. The Kier molecular flexibility index (Phi) is 7.11. The van der Waals surface area contributed by atoms with Crippen LogP contribution >= 0.6 is 11.3 Å². The average Bonchev–Trinajstić information content (AvgIpc) is 3.64. The fourth-order valence-corrected chi connectivity index (χ4v) is 5.41. The fraction of sp³-hybridized carbons (Fsp3) is 0.333. The summed E-state index contributed by atoms with van der Waals surface area (Å²) in [6.45, 7) is 8.06. The van der Waals surface area contributed by atoms with Crippen molar-refractivity contribution in [1.82, 2.24) is 30.1 Å². The van der Waals surface area contributed by atoms with Gasteiger partial charge in [0.1, 0.15) is 12.3 Å². The fourth-order valence-electron chi connectivity index (χ4n) is 4.68. The molecule has 1 unspecified atom stereocenters. The molecule has 0 aliphatic rings. The third-order valence-electron chi connectivity index (χ3n) is 6.44. The summed E-state index contributed by atoms with van der Waals surface area (Å²) >= 11 is 1.71. The molecule has 0 saturated heterocycles. The van der Waals surface area contributed by atoms with Gasteiger partial charge in [-0.25, -0.2) is 4.68 Å². The molecule has 0 spiro atoms. The van der Waals surface area contributed by atoms with Gasteiger partial charge in [0.2, 0.25) is 0 Å². The lowest BCUT2D eigenvalue weighted by molar-refractivity contribution is 0.127. The number of aryl methyl sites for hydroxylation is 1. The van der Waals surface area contributed by atoms with Crippen LogP contribution in [0, 0.1) is 5.92 Å². The Hall–Kier alpha value is -3.56. The molecule has 36 heavy (non-hydrogen) atoms. The van der Waals surface area contributed by atoms with E-state index in [0.717, 1.165) is 34.5 Å². The number of rotatable bonds is 10. The number of furan rings is 1. The molecule has 0 amide bonds. The molecule has 4 heterocycles. The second kappa shape index (κ2) is 10.6. The topological polar surface area (TPSA) is 92.8 Å². The van der Waals surface area contributed by atoms with Crippen LogP contribution in [0.5, 0.6) is 0 Å². The molecule has 4 aromatic heterocycles. The number of H-pyrrole nitrogens is 1. The summed E-state index contributed by atoms with van der Waals surface area (Å²) in [6, 6.07) is 16.1. The Bertz CT molecular complexity index is 1470. The van der Waals surface area contributed by atoms with Crippen molar-refractivity contribution in [3.05, 3.63) is 98.1 Å². The molecule has 0 aliphatic heterocycles. The highest BCUT2D eigenvalue weighted by Crippen LogP contribution is 2.31. The number of aromatic amines is 1. The van der Waals surface area contributed by atoms with Crippen LogP contribution in [0.4, 0.5) is 0 Å². The molecule has 5 aromatic rings. The van der Waals surface area contributed by atoms with Gasteiger partial charge in [0.15, 0.2) is 5.82 Å². The second-order valence-corrected chi connectivity index (χ2v) is 10.4. The molecule has 0 radical (unpaired) electrons. The van der Waals surface area contributed by atoms with Crippen molar-refractivity contribution in [3.63, 3.8) is 0 Å². The zero-order chi connectivity index (χ0) is 25.1. The number of benzene rings is 1. The van der Waals surface area contributed by atoms with Crippen LogP contribution in [-0.4, -0.2) is 30.1 Å². The second-order valence-electron chi connectivity index (χ2n) is 9.35.